The lowest BCUT2D eigenvalue weighted by molar-refractivity contribution is 0.0968. The normalized spacial score (nSPS) is 23.7. The van der Waals surface area contributed by atoms with Gasteiger partial charge in [0, 0.05) is 42.7 Å². The van der Waals surface area contributed by atoms with Crippen LogP contribution in [0.1, 0.15) is 55.3 Å². The van der Waals surface area contributed by atoms with E-state index in [0.29, 0.717) is 17.6 Å². The largest absolute Gasteiger partial charge is 0.505 e. The van der Waals surface area contributed by atoms with E-state index in [-0.39, 0.29) is 27.5 Å². The highest BCUT2D eigenvalue weighted by atomic mass is 35.5. The highest BCUT2D eigenvalue weighted by molar-refractivity contribution is 6.37. The van der Waals surface area contributed by atoms with Crippen LogP contribution in [0.3, 0.4) is 0 Å². The molecule has 3 aliphatic rings. The fraction of sp³-hybridized carbons (Fsp3) is 0.500. The monoisotopic (exact) mass is 580 g/mol. The number of likely N-dealkylation sites (N-methyl/N-ethyl adjacent to an activating group) is 1. The molecule has 8 heteroatoms. The van der Waals surface area contributed by atoms with Crippen molar-refractivity contribution in [3.8, 4) is 16.9 Å². The number of fused-ring (bicyclic) bond motifs is 1. The Labute approximate surface area is 246 Å². The average Bonchev–Trinajstić information content (AvgIpc) is 3.70. The van der Waals surface area contributed by atoms with E-state index >= 15 is 0 Å². The van der Waals surface area contributed by atoms with Crippen molar-refractivity contribution in [1.82, 2.24) is 14.8 Å². The molecule has 2 aliphatic carbocycles. The Balaban J connectivity index is 1.24. The molecule has 1 atom stereocenters. The van der Waals surface area contributed by atoms with Crippen LogP contribution in [0.5, 0.6) is 5.75 Å². The van der Waals surface area contributed by atoms with Crippen LogP contribution in [0.4, 0.5) is 5.69 Å². The number of carbonyl (C=O) groups is 1. The molecule has 3 aromatic rings. The number of benzene rings is 2. The van der Waals surface area contributed by atoms with E-state index in [4.69, 9.17) is 23.2 Å². The summed E-state index contributed by atoms with van der Waals surface area (Å²) in [5.74, 6) is 0.916. The van der Waals surface area contributed by atoms with Crippen molar-refractivity contribution in [2.75, 3.05) is 39.0 Å². The van der Waals surface area contributed by atoms with Crippen LogP contribution >= 0.6 is 23.2 Å². The number of ketones is 1. The number of phenolic OH excluding ortho intramolecular Hbond substituents is 1. The summed E-state index contributed by atoms with van der Waals surface area (Å²) in [6.45, 7) is 3.58. The van der Waals surface area contributed by atoms with E-state index in [1.165, 1.54) is 38.9 Å². The van der Waals surface area contributed by atoms with Gasteiger partial charge in [-0.2, -0.15) is 0 Å². The molecule has 6 nitrogen and oxygen atoms in total. The quantitative estimate of drug-likeness (QED) is 0.276. The van der Waals surface area contributed by atoms with E-state index in [1.807, 2.05) is 12.1 Å². The third-order valence-electron chi connectivity index (χ3n) is 9.12. The fourth-order valence-electron chi connectivity index (χ4n) is 6.47. The topological polar surface area (TPSA) is 68.7 Å². The number of anilines is 1. The van der Waals surface area contributed by atoms with Gasteiger partial charge in [0.25, 0.3) is 0 Å². The Morgan fingerprint density at radius 1 is 1.02 bits per heavy atom. The fourth-order valence-corrected chi connectivity index (χ4v) is 6.96. The second kappa shape index (κ2) is 11.5. The van der Waals surface area contributed by atoms with Crippen molar-refractivity contribution < 1.29 is 9.90 Å². The Kier molecular flexibility index (Phi) is 7.97. The Morgan fingerprint density at radius 2 is 1.75 bits per heavy atom. The highest BCUT2D eigenvalue weighted by Gasteiger charge is 2.34. The van der Waals surface area contributed by atoms with Crippen LogP contribution in [-0.4, -0.2) is 71.5 Å². The predicted octanol–water partition coefficient (Wildman–Crippen LogP) is 7.11. The first-order valence-electron chi connectivity index (χ1n) is 14.6. The summed E-state index contributed by atoms with van der Waals surface area (Å²) in [5.41, 5.74) is 4.15. The van der Waals surface area contributed by atoms with Crippen molar-refractivity contribution in [1.29, 1.82) is 0 Å². The second-order valence-electron chi connectivity index (χ2n) is 12.2. The number of phenols is 1. The number of likely N-dealkylation sites (tertiary alicyclic amines) is 1. The third-order valence-corrected chi connectivity index (χ3v) is 9.70. The van der Waals surface area contributed by atoms with E-state index < -0.39 is 0 Å². The molecule has 2 aromatic carbocycles. The van der Waals surface area contributed by atoms with Gasteiger partial charge in [-0.05, 0) is 107 Å². The molecular formula is C32H38Cl2N4O2. The summed E-state index contributed by atoms with van der Waals surface area (Å²) in [7, 11) is 4.38. The molecule has 1 aromatic heterocycles. The molecule has 0 radical (unpaired) electrons. The number of hydrogen-bond donors (Lipinski definition) is 2. The SMILES string of the molecule is CN(C)C1CCN(CC2CCC(Nc3c(C(=O)C4CC4)cnc4ccc(-c5cc(Cl)c(O)c(Cl)c5)cc34)CC2)C1. The summed E-state index contributed by atoms with van der Waals surface area (Å²) >= 11 is 12.5. The molecule has 0 bridgehead atoms. The maximum atomic E-state index is 13.4. The summed E-state index contributed by atoms with van der Waals surface area (Å²) in [5, 5.41) is 15.2. The minimum absolute atomic E-state index is 0.111. The van der Waals surface area contributed by atoms with Gasteiger partial charge in [0.1, 0.15) is 0 Å². The van der Waals surface area contributed by atoms with Crippen molar-refractivity contribution in [3.05, 3.63) is 52.1 Å². The molecule has 40 heavy (non-hydrogen) atoms. The van der Waals surface area contributed by atoms with Gasteiger partial charge in [0.2, 0.25) is 0 Å². The maximum Gasteiger partial charge on any atom is 0.169 e. The first-order chi connectivity index (χ1) is 19.3. The minimum Gasteiger partial charge on any atom is -0.505 e. The summed E-state index contributed by atoms with van der Waals surface area (Å²) in [4.78, 5) is 23.0. The van der Waals surface area contributed by atoms with Crippen molar-refractivity contribution in [2.24, 2.45) is 11.8 Å². The van der Waals surface area contributed by atoms with Crippen molar-refractivity contribution in [3.63, 3.8) is 0 Å². The molecule has 1 unspecified atom stereocenters. The number of nitrogens with zero attached hydrogens (tertiary/aromatic N) is 3. The standard InChI is InChI=1S/C32H38Cl2N4O2/c1-37(2)24-11-12-38(18-24)17-19-3-8-23(9-4-19)36-30-25-13-21(22-14-27(33)32(40)28(34)15-22)7-10-29(25)35-16-26(30)31(39)20-5-6-20/h7,10,13-16,19-20,23-24,40H,3-6,8-9,11-12,17-18H2,1-2H3,(H,35,36). The van der Waals surface area contributed by atoms with E-state index in [2.05, 4.69) is 40.3 Å². The molecule has 0 spiro atoms. The number of rotatable bonds is 8. The Hall–Kier alpha value is -2.38. The van der Waals surface area contributed by atoms with Crippen LogP contribution in [-0.2, 0) is 0 Å². The number of aromatic hydroxyl groups is 1. The van der Waals surface area contributed by atoms with Crippen molar-refractivity contribution in [2.45, 2.75) is 57.0 Å². The summed E-state index contributed by atoms with van der Waals surface area (Å²) in [6.07, 6.45) is 9.53. The van der Waals surface area contributed by atoms with Crippen LogP contribution in [0, 0.1) is 11.8 Å². The van der Waals surface area contributed by atoms with Gasteiger partial charge in [-0.15, -0.1) is 0 Å². The molecule has 1 saturated heterocycles. The number of hydrogen-bond acceptors (Lipinski definition) is 6. The first kappa shape index (κ1) is 27.8. The summed E-state index contributed by atoms with van der Waals surface area (Å²) < 4.78 is 0. The molecule has 2 heterocycles. The smallest absolute Gasteiger partial charge is 0.169 e. The number of Topliss-reactive ketones (excluding diaryl/α,β-unsaturated/α-hetero) is 1. The van der Waals surface area contributed by atoms with Crippen molar-refractivity contribution >= 4 is 45.6 Å². The van der Waals surface area contributed by atoms with Crippen LogP contribution in [0.25, 0.3) is 22.0 Å². The highest BCUT2D eigenvalue weighted by Crippen LogP contribution is 2.41. The number of aromatic nitrogens is 1. The number of pyridine rings is 1. The van der Waals surface area contributed by atoms with Crippen LogP contribution in [0.15, 0.2) is 36.5 Å². The van der Waals surface area contributed by atoms with E-state index in [9.17, 15) is 9.90 Å². The van der Waals surface area contributed by atoms with Crippen LogP contribution in [0.2, 0.25) is 10.0 Å². The van der Waals surface area contributed by atoms with Gasteiger partial charge in [-0.25, -0.2) is 0 Å². The number of nitrogens with one attached hydrogen (secondary N) is 1. The zero-order valence-corrected chi connectivity index (χ0v) is 24.8. The van der Waals surface area contributed by atoms with E-state index in [1.54, 1.807) is 18.3 Å². The molecule has 1 aliphatic heterocycles. The Bertz CT molecular complexity index is 1390. The molecule has 6 rings (SSSR count). The lowest BCUT2D eigenvalue weighted by Crippen LogP contribution is -2.36. The van der Waals surface area contributed by atoms with Gasteiger partial charge in [0.05, 0.1) is 26.8 Å². The third kappa shape index (κ3) is 5.82. The lowest BCUT2D eigenvalue weighted by Gasteiger charge is -2.33. The summed E-state index contributed by atoms with van der Waals surface area (Å²) in [6, 6.07) is 10.4. The molecule has 3 fully saturated rings. The molecule has 0 amide bonds. The maximum absolute atomic E-state index is 13.4. The number of halogens is 2. The van der Waals surface area contributed by atoms with Crippen LogP contribution < -0.4 is 5.32 Å². The zero-order chi connectivity index (χ0) is 28.0. The molecule has 2 N–H and O–H groups in total. The van der Waals surface area contributed by atoms with Gasteiger partial charge < -0.3 is 20.2 Å². The zero-order valence-electron chi connectivity index (χ0n) is 23.3. The van der Waals surface area contributed by atoms with Gasteiger partial charge in [-0.1, -0.05) is 29.3 Å². The molecular weight excluding hydrogens is 543 g/mol. The number of carbonyl (C=O) groups excluding carboxylic acids is 1. The minimum atomic E-state index is -0.118. The molecule has 2 saturated carbocycles. The molecule has 212 valence electrons. The van der Waals surface area contributed by atoms with Gasteiger partial charge >= 0.3 is 0 Å². The second-order valence-corrected chi connectivity index (χ2v) is 13.0. The average molecular weight is 582 g/mol. The van der Waals surface area contributed by atoms with E-state index in [0.717, 1.165) is 59.3 Å². The Morgan fingerprint density at radius 3 is 2.40 bits per heavy atom. The predicted molar refractivity (Wildman–Crippen MR) is 164 cm³/mol. The first-order valence-corrected chi connectivity index (χ1v) is 15.3. The van der Waals surface area contributed by atoms with Gasteiger partial charge in [0.15, 0.2) is 11.5 Å². The lowest BCUT2D eigenvalue weighted by atomic mass is 9.85. The van der Waals surface area contributed by atoms with Gasteiger partial charge in [-0.3, -0.25) is 9.78 Å².